The van der Waals surface area contributed by atoms with Gasteiger partial charge in [0.15, 0.2) is 11.6 Å². The van der Waals surface area contributed by atoms with E-state index in [1.54, 1.807) is 36.8 Å². The maximum atomic E-state index is 12.5. The largest absolute Gasteiger partial charge is 0.495 e. The zero-order valence-corrected chi connectivity index (χ0v) is 20.2. The first-order valence-electron chi connectivity index (χ1n) is 11.2. The van der Waals surface area contributed by atoms with Crippen LogP contribution in [-0.4, -0.2) is 25.8 Å². The monoisotopic (exact) mass is 484 g/mol. The predicted octanol–water partition coefficient (Wildman–Crippen LogP) is 7.09. The average Bonchev–Trinajstić information content (AvgIpc) is 3.52. The first kappa shape index (κ1) is 23.0. The van der Waals surface area contributed by atoms with E-state index in [9.17, 15) is 9.59 Å². The number of furan rings is 2. The Morgan fingerprint density at radius 2 is 1.06 bits per heavy atom. The van der Waals surface area contributed by atoms with Gasteiger partial charge in [-0.15, -0.1) is 0 Å². The molecule has 8 nitrogen and oxygen atoms in total. The van der Waals surface area contributed by atoms with Crippen LogP contribution < -0.4 is 20.1 Å². The predicted molar refractivity (Wildman–Crippen MR) is 139 cm³/mol. The van der Waals surface area contributed by atoms with Crippen LogP contribution in [0.5, 0.6) is 11.5 Å². The third kappa shape index (κ3) is 3.92. The normalized spacial score (nSPS) is 11.0. The van der Waals surface area contributed by atoms with Crippen molar-refractivity contribution in [2.24, 2.45) is 0 Å². The maximum Gasteiger partial charge on any atom is 0.165 e. The summed E-state index contributed by atoms with van der Waals surface area (Å²) in [5.41, 5.74) is 4.76. The second-order valence-corrected chi connectivity index (χ2v) is 8.27. The van der Waals surface area contributed by atoms with Crippen LogP contribution in [0.15, 0.2) is 69.9 Å². The zero-order valence-electron chi connectivity index (χ0n) is 20.2. The van der Waals surface area contributed by atoms with E-state index in [-0.39, 0.29) is 11.6 Å². The second kappa shape index (κ2) is 9.14. The minimum atomic E-state index is -0.130. The summed E-state index contributed by atoms with van der Waals surface area (Å²) in [6.45, 7) is 3.00. The summed E-state index contributed by atoms with van der Waals surface area (Å²) in [7, 11) is 3.06. The van der Waals surface area contributed by atoms with Gasteiger partial charge in [0.1, 0.15) is 22.7 Å². The van der Waals surface area contributed by atoms with Crippen molar-refractivity contribution in [1.29, 1.82) is 0 Å². The summed E-state index contributed by atoms with van der Waals surface area (Å²) in [5.74, 6) is 0.673. The van der Waals surface area contributed by atoms with Crippen molar-refractivity contribution in [2.45, 2.75) is 13.8 Å². The standard InChI is InChI=1S/C28H24N2O6/c1-15(31)25-21(13-23-19(9-11-35-23)27(25)33-3)29-17-5-7-18(8-6-17)30-22-14-24-20(10-12-36-24)28(34-4)26(22)16(2)32/h5-14,29-30H,1-4H3. The summed E-state index contributed by atoms with van der Waals surface area (Å²) in [6, 6.07) is 14.6. The molecule has 0 radical (unpaired) electrons. The number of rotatable bonds is 8. The number of hydrogen-bond acceptors (Lipinski definition) is 8. The van der Waals surface area contributed by atoms with Gasteiger partial charge in [0.05, 0.1) is 60.0 Å². The summed E-state index contributed by atoms with van der Waals surface area (Å²) < 4.78 is 22.2. The van der Waals surface area contributed by atoms with Gasteiger partial charge in [0.2, 0.25) is 0 Å². The number of Topliss-reactive ketones (excluding diaryl/α,β-unsaturated/α-hetero) is 2. The van der Waals surface area contributed by atoms with Crippen LogP contribution in [0.4, 0.5) is 22.7 Å². The number of nitrogens with one attached hydrogen (secondary N) is 2. The number of benzene rings is 3. The van der Waals surface area contributed by atoms with E-state index < -0.39 is 0 Å². The fraction of sp³-hybridized carbons (Fsp3) is 0.143. The van der Waals surface area contributed by atoms with E-state index in [2.05, 4.69) is 10.6 Å². The molecule has 0 bridgehead atoms. The minimum absolute atomic E-state index is 0.130. The molecule has 2 N–H and O–H groups in total. The topological polar surface area (TPSA) is 103 Å². The Morgan fingerprint density at radius 1 is 0.667 bits per heavy atom. The quantitative estimate of drug-likeness (QED) is 0.225. The van der Waals surface area contributed by atoms with E-state index in [1.165, 1.54) is 28.1 Å². The van der Waals surface area contributed by atoms with Crippen molar-refractivity contribution in [2.75, 3.05) is 24.9 Å². The highest BCUT2D eigenvalue weighted by Gasteiger charge is 2.21. The molecule has 0 aliphatic rings. The van der Waals surface area contributed by atoms with Gasteiger partial charge >= 0.3 is 0 Å². The number of ketones is 2. The third-order valence-corrected chi connectivity index (χ3v) is 5.98. The van der Waals surface area contributed by atoms with Crippen molar-refractivity contribution in [1.82, 2.24) is 0 Å². The molecule has 36 heavy (non-hydrogen) atoms. The molecule has 5 aromatic rings. The lowest BCUT2D eigenvalue weighted by Crippen LogP contribution is -2.05. The Balaban J connectivity index is 1.47. The molecule has 0 amide bonds. The SMILES string of the molecule is COc1c(C(C)=O)c(Nc2ccc(Nc3cc4occc4c(OC)c3C(C)=O)cc2)cc2occc12. The summed E-state index contributed by atoms with van der Waals surface area (Å²) in [6.07, 6.45) is 3.12. The molecular formula is C28H24N2O6. The molecule has 8 heteroatoms. The highest BCUT2D eigenvalue weighted by atomic mass is 16.5. The molecule has 182 valence electrons. The maximum absolute atomic E-state index is 12.5. The van der Waals surface area contributed by atoms with Gasteiger partial charge in [-0.2, -0.15) is 0 Å². The van der Waals surface area contributed by atoms with Crippen LogP contribution in [0.1, 0.15) is 34.6 Å². The van der Waals surface area contributed by atoms with Crippen LogP contribution in [0.25, 0.3) is 21.9 Å². The van der Waals surface area contributed by atoms with Crippen molar-refractivity contribution in [3.05, 3.63) is 72.2 Å². The molecule has 0 unspecified atom stereocenters. The lowest BCUT2D eigenvalue weighted by Gasteiger charge is -2.16. The highest BCUT2D eigenvalue weighted by molar-refractivity contribution is 6.10. The van der Waals surface area contributed by atoms with Gasteiger partial charge in [-0.1, -0.05) is 0 Å². The fourth-order valence-corrected chi connectivity index (χ4v) is 4.43. The molecule has 0 saturated heterocycles. The number of anilines is 4. The molecule has 2 aromatic heterocycles. The number of carbonyl (C=O) groups is 2. The molecular weight excluding hydrogens is 460 g/mol. The number of carbonyl (C=O) groups excluding carboxylic acids is 2. The summed E-state index contributed by atoms with van der Waals surface area (Å²) >= 11 is 0. The van der Waals surface area contributed by atoms with Gasteiger partial charge in [-0.05, 0) is 50.2 Å². The Morgan fingerprint density at radius 3 is 1.39 bits per heavy atom. The van der Waals surface area contributed by atoms with E-state index >= 15 is 0 Å². The second-order valence-electron chi connectivity index (χ2n) is 8.27. The van der Waals surface area contributed by atoms with Gasteiger partial charge < -0.3 is 28.9 Å². The van der Waals surface area contributed by atoms with Gasteiger partial charge in [0, 0.05) is 23.5 Å². The lowest BCUT2D eigenvalue weighted by molar-refractivity contribution is 0.100. The Kier molecular flexibility index (Phi) is 5.85. The van der Waals surface area contributed by atoms with Gasteiger partial charge in [-0.25, -0.2) is 0 Å². The first-order valence-corrected chi connectivity index (χ1v) is 11.2. The molecule has 0 saturated carbocycles. The number of methoxy groups -OCH3 is 2. The van der Waals surface area contributed by atoms with Crippen molar-refractivity contribution >= 4 is 56.3 Å². The lowest BCUT2D eigenvalue weighted by atomic mass is 10.0. The zero-order chi connectivity index (χ0) is 25.4. The van der Waals surface area contributed by atoms with E-state index in [0.29, 0.717) is 45.2 Å². The molecule has 0 aliphatic heterocycles. The molecule has 2 heterocycles. The number of hydrogen-bond donors (Lipinski definition) is 2. The summed E-state index contributed by atoms with van der Waals surface area (Å²) in [5, 5.41) is 8.05. The van der Waals surface area contributed by atoms with Crippen molar-refractivity contribution < 1.29 is 27.9 Å². The first-order chi connectivity index (χ1) is 17.4. The average molecular weight is 485 g/mol. The Bertz CT molecular complexity index is 1490. The fourth-order valence-electron chi connectivity index (χ4n) is 4.43. The Labute approximate surface area is 206 Å². The van der Waals surface area contributed by atoms with Crippen molar-refractivity contribution in [3.8, 4) is 11.5 Å². The smallest absolute Gasteiger partial charge is 0.165 e. The third-order valence-electron chi connectivity index (χ3n) is 5.98. The van der Waals surface area contributed by atoms with Gasteiger partial charge in [-0.3, -0.25) is 9.59 Å². The molecule has 0 fully saturated rings. The van der Waals surface area contributed by atoms with E-state index in [0.717, 1.165) is 22.1 Å². The van der Waals surface area contributed by atoms with Crippen LogP contribution in [0, 0.1) is 0 Å². The molecule has 0 spiro atoms. The van der Waals surface area contributed by atoms with E-state index in [4.69, 9.17) is 18.3 Å². The van der Waals surface area contributed by atoms with Crippen LogP contribution in [0.2, 0.25) is 0 Å². The summed E-state index contributed by atoms with van der Waals surface area (Å²) in [4.78, 5) is 24.9. The Hall–Kier alpha value is -4.72. The van der Waals surface area contributed by atoms with Crippen LogP contribution >= 0.6 is 0 Å². The van der Waals surface area contributed by atoms with Crippen molar-refractivity contribution in [3.63, 3.8) is 0 Å². The molecule has 0 aliphatic carbocycles. The molecule has 3 aromatic carbocycles. The minimum Gasteiger partial charge on any atom is -0.495 e. The van der Waals surface area contributed by atoms with Crippen LogP contribution in [0.3, 0.4) is 0 Å². The number of fused-ring (bicyclic) bond motifs is 2. The van der Waals surface area contributed by atoms with E-state index in [1.807, 2.05) is 24.3 Å². The highest BCUT2D eigenvalue weighted by Crippen LogP contribution is 2.39. The molecule has 5 rings (SSSR count). The van der Waals surface area contributed by atoms with Gasteiger partial charge in [0.25, 0.3) is 0 Å². The molecule has 0 atom stereocenters. The number of ether oxygens (including phenoxy) is 2. The van der Waals surface area contributed by atoms with Crippen LogP contribution in [-0.2, 0) is 0 Å².